The number of anilines is 1. The first-order valence-corrected chi connectivity index (χ1v) is 29.5. The van der Waals surface area contributed by atoms with Gasteiger partial charge in [0.25, 0.3) is 23.6 Å². The molecule has 0 fully saturated rings. The van der Waals surface area contributed by atoms with E-state index in [4.69, 9.17) is 43.7 Å². The quantitative estimate of drug-likeness (QED) is 0.0386. The summed E-state index contributed by atoms with van der Waals surface area (Å²) in [6.07, 6.45) is 11.4. The van der Waals surface area contributed by atoms with Crippen LogP contribution in [0, 0.1) is 23.2 Å². The molecule has 0 saturated carbocycles. The lowest BCUT2D eigenvalue weighted by Crippen LogP contribution is -2.45. The minimum absolute atomic E-state index is 0.0991. The Morgan fingerprint density at radius 3 is 1.73 bits per heavy atom. The summed E-state index contributed by atoms with van der Waals surface area (Å²) < 4.78 is 34.6. The monoisotopic (exact) mass is 1200 g/mol. The number of hydrogen-bond donors (Lipinski definition) is 2. The molecular weight excluding hydrogens is 1140 g/mol. The number of rotatable bonds is 26. The Balaban J connectivity index is 0.659. The molecule has 4 atom stereocenters. The number of benzene rings is 5. The van der Waals surface area contributed by atoms with E-state index in [-0.39, 0.29) is 85.8 Å². The van der Waals surface area contributed by atoms with Crippen LogP contribution in [-0.4, -0.2) is 128 Å². The molecule has 89 heavy (non-hydrogen) atoms. The summed E-state index contributed by atoms with van der Waals surface area (Å²) in [6.45, 7) is 5.94. The summed E-state index contributed by atoms with van der Waals surface area (Å²) in [5.41, 5.74) is 6.38. The largest absolute Gasteiger partial charge is 0.497 e. The van der Waals surface area contributed by atoms with Gasteiger partial charge in [-0.25, -0.2) is 0 Å². The highest BCUT2D eigenvalue weighted by molar-refractivity contribution is 6.15. The van der Waals surface area contributed by atoms with Crippen molar-refractivity contribution in [3.8, 4) is 40.6 Å². The fourth-order valence-electron chi connectivity index (χ4n) is 11.0. The minimum atomic E-state index is -0.806. The lowest BCUT2D eigenvalue weighted by Gasteiger charge is -2.23. The van der Waals surface area contributed by atoms with Gasteiger partial charge in [0.2, 0.25) is 11.8 Å². The zero-order valence-electron chi connectivity index (χ0n) is 50.3. The van der Waals surface area contributed by atoms with Crippen molar-refractivity contribution >= 4 is 81.9 Å². The van der Waals surface area contributed by atoms with Crippen LogP contribution >= 0.6 is 0 Å². The van der Waals surface area contributed by atoms with Gasteiger partial charge in [0, 0.05) is 87.2 Å². The van der Waals surface area contributed by atoms with Gasteiger partial charge in [-0.05, 0) is 102 Å². The molecule has 0 aromatic heterocycles. The topological polar surface area (TPSA) is 257 Å². The van der Waals surface area contributed by atoms with Crippen molar-refractivity contribution in [1.29, 1.82) is 5.26 Å². The van der Waals surface area contributed by atoms with Crippen LogP contribution in [0.25, 0.3) is 11.1 Å². The van der Waals surface area contributed by atoms with Gasteiger partial charge in [0.15, 0.2) is 34.5 Å². The number of amides is 6. The number of nitriles is 1. The van der Waals surface area contributed by atoms with E-state index in [1.165, 1.54) is 26.4 Å². The van der Waals surface area contributed by atoms with Crippen LogP contribution in [0.3, 0.4) is 0 Å². The van der Waals surface area contributed by atoms with Gasteiger partial charge in [0.1, 0.15) is 11.5 Å². The molecule has 0 radical (unpaired) electrons. The van der Waals surface area contributed by atoms with Crippen LogP contribution in [0.4, 0.5) is 17.1 Å². The van der Waals surface area contributed by atoms with E-state index in [2.05, 4.69) is 10.6 Å². The molecule has 2 N–H and O–H groups in total. The van der Waals surface area contributed by atoms with Crippen molar-refractivity contribution in [2.24, 2.45) is 21.8 Å². The maximum Gasteiger partial charge on any atom is 0.296 e. The van der Waals surface area contributed by atoms with Gasteiger partial charge in [-0.2, -0.15) is 5.26 Å². The van der Waals surface area contributed by atoms with Crippen LogP contribution < -0.4 is 39.1 Å². The number of carbonyl (C=O) groups excluding carboxylic acids is 7. The Hall–Kier alpha value is -10.4. The van der Waals surface area contributed by atoms with E-state index in [0.29, 0.717) is 101 Å². The second kappa shape index (κ2) is 27.6. The smallest absolute Gasteiger partial charge is 0.296 e. The molecule has 1 unspecified atom stereocenters. The first-order valence-electron chi connectivity index (χ1n) is 29.5. The van der Waals surface area contributed by atoms with Crippen LogP contribution in [0.15, 0.2) is 131 Å². The lowest BCUT2D eigenvalue weighted by atomic mass is 9.92. The van der Waals surface area contributed by atoms with Crippen molar-refractivity contribution in [3.63, 3.8) is 0 Å². The van der Waals surface area contributed by atoms with Crippen molar-refractivity contribution in [1.82, 2.24) is 20.0 Å². The number of nitrogens with one attached hydrogen (secondary N) is 2. The number of fused-ring (bicyclic) bond motifs is 4. The van der Waals surface area contributed by atoms with E-state index in [9.17, 15) is 33.6 Å². The molecule has 0 bridgehead atoms. The normalized spacial score (nSPS) is 17.0. The Morgan fingerprint density at radius 2 is 1.20 bits per heavy atom. The molecule has 5 aromatic carbocycles. The molecule has 0 aliphatic carbocycles. The summed E-state index contributed by atoms with van der Waals surface area (Å²) in [5.74, 6) is -0.839. The fourth-order valence-corrected chi connectivity index (χ4v) is 11.0. The maximum atomic E-state index is 14.2. The molecule has 458 valence electrons. The summed E-state index contributed by atoms with van der Waals surface area (Å²) in [6, 6.07) is 28.5. The summed E-state index contributed by atoms with van der Waals surface area (Å²) in [4.78, 5) is 107. The zero-order chi connectivity index (χ0) is 62.9. The van der Waals surface area contributed by atoms with Crippen LogP contribution in [-0.2, 0) is 24.0 Å². The van der Waals surface area contributed by atoms with Crippen molar-refractivity contribution in [2.45, 2.75) is 90.3 Å². The summed E-state index contributed by atoms with van der Waals surface area (Å²) in [7, 11) is 4.65. The third kappa shape index (κ3) is 14.1. The Kier molecular flexibility index (Phi) is 19.1. The molecule has 0 saturated heterocycles. The zero-order valence-corrected chi connectivity index (χ0v) is 50.3. The average molecular weight is 1210 g/mol. The molecule has 21 nitrogen and oxygen atoms in total. The van der Waals surface area contributed by atoms with Crippen LogP contribution in [0.2, 0.25) is 0 Å². The van der Waals surface area contributed by atoms with E-state index < -0.39 is 23.8 Å². The number of Topliss-reactive ketones (excluding diaryl/α,β-unsaturated/α-hetero) is 1. The number of hydrogen-bond acceptors (Lipinski definition) is 16. The van der Waals surface area contributed by atoms with E-state index in [1.807, 2.05) is 68.7 Å². The third-order valence-electron chi connectivity index (χ3n) is 16.0. The molecular formula is C68H68N8O13. The number of ether oxygens (including phenoxy) is 6. The third-order valence-corrected chi connectivity index (χ3v) is 16.0. The molecule has 10 rings (SSSR count). The Morgan fingerprint density at radius 1 is 0.652 bits per heavy atom. The number of imide groups is 1. The molecule has 5 aliphatic heterocycles. The molecule has 5 aromatic rings. The minimum Gasteiger partial charge on any atom is -0.497 e. The van der Waals surface area contributed by atoms with E-state index >= 15 is 0 Å². The molecule has 21 heteroatoms. The summed E-state index contributed by atoms with van der Waals surface area (Å²) >= 11 is 0. The highest BCUT2D eigenvalue weighted by Gasteiger charge is 2.37. The lowest BCUT2D eigenvalue weighted by molar-refractivity contribution is -0.138. The molecule has 0 spiro atoms. The number of carbonyl (C=O) groups is 7. The maximum absolute atomic E-state index is 14.2. The molecule has 6 amide bonds. The van der Waals surface area contributed by atoms with Gasteiger partial charge in [-0.3, -0.25) is 48.4 Å². The van der Waals surface area contributed by atoms with Crippen LogP contribution in [0.5, 0.6) is 34.5 Å². The first kappa shape index (κ1) is 61.7. The van der Waals surface area contributed by atoms with Gasteiger partial charge in [-0.15, -0.1) is 0 Å². The number of nitrogens with zero attached hydrogens (tertiary/aromatic N) is 6. The number of unbranched alkanes of at least 4 members (excludes halogenated alkanes) is 2. The van der Waals surface area contributed by atoms with Crippen molar-refractivity contribution in [3.05, 3.63) is 149 Å². The predicted octanol–water partition coefficient (Wildman–Crippen LogP) is 9.94. The fraction of sp³-hybridized carbons (Fsp3) is 0.324. The number of methoxy groups -OCH3 is 3. The molecule has 5 aliphatic rings. The second-order valence-electron chi connectivity index (χ2n) is 22.4. The predicted molar refractivity (Wildman–Crippen MR) is 332 cm³/mol. The number of aliphatic imine (C=N–C) groups is 2. The van der Waals surface area contributed by atoms with Gasteiger partial charge < -0.3 is 48.9 Å². The average Bonchev–Trinajstić information content (AvgIpc) is 1.88. The van der Waals surface area contributed by atoms with Crippen molar-refractivity contribution in [2.75, 3.05) is 46.4 Å². The standard InChI is InChI=1S/C68H68N8O13/c1-40(2)64(73-62(78)11-8-7-9-24-74-63(79)34-61(68(74)83)89-51-20-12-42(35-69)13-21-51)56(77)27-41(3)65(80)72-47-18-14-43(15-19-47)45-28-48-36-70-54-32-59(57(85-5)30-52(54)66(81)75(48)38-45)87-25-10-26-88-60-33-55-53(31-58(60)86-6)67(82)76-39-46(29-49(76)37-71-55)44-16-22-50(84-4)23-17-44/h12-23,30-34,36-41,48-49,64H,7-11,24-29H2,1-6H3,(H,72,80)(H,73,78)/t41?,48-,49-,64-/m0/s1. The van der Waals surface area contributed by atoms with Crippen LogP contribution in [0.1, 0.15) is 110 Å². The SMILES string of the molecule is COc1ccc(C2=CN3C(=O)c4cc(OC)c(OCCCOc5cc6c(cc5OC)C(=O)N5C=C(c7ccc(NC(=O)C(C)CC(=O)[C@@H](NC(=O)CCCCCN8C(=O)C=C(Oc9ccc(C#N)cc9)C8=O)C(C)C)cc7)C[C@H]5C=N6)cc4N=C[C@@H]3C2)cc1. The van der Waals surface area contributed by atoms with E-state index in [1.54, 1.807) is 84.8 Å². The van der Waals surface area contributed by atoms with E-state index in [0.717, 1.165) is 39.0 Å². The van der Waals surface area contributed by atoms with Crippen molar-refractivity contribution < 1.29 is 62.0 Å². The number of ketones is 1. The highest BCUT2D eigenvalue weighted by Crippen LogP contribution is 2.42. The highest BCUT2D eigenvalue weighted by atomic mass is 16.5. The Labute approximate surface area is 515 Å². The first-order chi connectivity index (χ1) is 43.0. The van der Waals surface area contributed by atoms with Gasteiger partial charge >= 0.3 is 0 Å². The Bertz CT molecular complexity index is 3790. The summed E-state index contributed by atoms with van der Waals surface area (Å²) in [5, 5.41) is 14.8. The second-order valence-corrected chi connectivity index (χ2v) is 22.4. The van der Waals surface area contributed by atoms with Gasteiger partial charge in [-0.1, -0.05) is 51.5 Å². The molecule has 5 heterocycles. The van der Waals surface area contributed by atoms with Gasteiger partial charge in [0.05, 0.1) is 92.9 Å².